The molecule has 23 heavy (non-hydrogen) atoms. The molecule has 1 aliphatic rings. The van der Waals surface area contributed by atoms with E-state index in [4.69, 9.17) is 18.4 Å². The van der Waals surface area contributed by atoms with E-state index in [1.807, 2.05) is 6.07 Å². The van der Waals surface area contributed by atoms with Gasteiger partial charge in [0.15, 0.2) is 11.5 Å². The number of nitrogens with zero attached hydrogens (tertiary/aromatic N) is 3. The molecule has 3 heterocycles. The zero-order chi connectivity index (χ0) is 15.6. The molecule has 0 unspecified atom stereocenters. The fourth-order valence-electron chi connectivity index (χ4n) is 2.03. The molecule has 3 aromatic rings. The third-order valence-electron chi connectivity index (χ3n) is 3.10. The molecule has 9 heteroatoms. The van der Waals surface area contributed by atoms with E-state index in [0.29, 0.717) is 17.3 Å². The summed E-state index contributed by atoms with van der Waals surface area (Å²) in [5.74, 6) is 1.08. The number of para-hydroxylation sites is 2. The minimum absolute atomic E-state index is 0.0659. The number of ether oxygens (including phenoxy) is 2. The molecule has 0 saturated carbocycles. The van der Waals surface area contributed by atoms with Crippen molar-refractivity contribution in [2.24, 2.45) is 0 Å². The zero-order valence-corrected chi connectivity index (χ0v) is 11.6. The maximum atomic E-state index is 12.2. The summed E-state index contributed by atoms with van der Waals surface area (Å²) in [6, 6.07) is 8.61. The maximum absolute atomic E-state index is 12.2. The number of nitrogens with one attached hydrogen (secondary N) is 1. The second kappa shape index (κ2) is 5.44. The molecule has 0 fully saturated rings. The third kappa shape index (κ3) is 2.59. The van der Waals surface area contributed by atoms with E-state index in [9.17, 15) is 4.79 Å². The van der Waals surface area contributed by atoms with Gasteiger partial charge in [-0.05, 0) is 12.1 Å². The van der Waals surface area contributed by atoms with Crippen LogP contribution in [0.4, 0.5) is 6.01 Å². The average molecular weight is 314 g/mol. The molecular formula is C14H10N4O5. The van der Waals surface area contributed by atoms with Crippen molar-refractivity contribution in [1.29, 1.82) is 0 Å². The van der Waals surface area contributed by atoms with Gasteiger partial charge in [0.2, 0.25) is 11.9 Å². The van der Waals surface area contributed by atoms with Crippen molar-refractivity contribution in [3.63, 3.8) is 0 Å². The standard InChI is InChI=1S/C14H10N4O5/c19-12(11-7-20-8-3-1-2-4-9(8)21-11)16-14-18-17-13(22-14)10-5-6-15-23-10/h1-6,11H,7H2,(H,16,18,19)/t11-/m1/s1. The van der Waals surface area contributed by atoms with Crippen molar-refractivity contribution in [1.82, 2.24) is 15.4 Å². The Hall–Kier alpha value is -3.36. The lowest BCUT2D eigenvalue weighted by molar-refractivity contribution is -0.125. The predicted octanol–water partition coefficient (Wildman–Crippen LogP) is 1.50. The van der Waals surface area contributed by atoms with Gasteiger partial charge in [0.25, 0.3) is 11.8 Å². The quantitative estimate of drug-likeness (QED) is 0.774. The summed E-state index contributed by atoms with van der Waals surface area (Å²) in [5.41, 5.74) is 0. The zero-order valence-electron chi connectivity index (χ0n) is 11.6. The molecule has 0 bridgehead atoms. The van der Waals surface area contributed by atoms with E-state index >= 15 is 0 Å². The average Bonchev–Trinajstić information content (AvgIpc) is 3.25. The summed E-state index contributed by atoms with van der Waals surface area (Å²) in [5, 5.41) is 13.5. The number of anilines is 1. The van der Waals surface area contributed by atoms with Gasteiger partial charge in [-0.15, -0.1) is 5.10 Å². The van der Waals surface area contributed by atoms with Crippen LogP contribution in [0.5, 0.6) is 11.5 Å². The van der Waals surface area contributed by atoms with Crippen molar-refractivity contribution < 1.29 is 23.2 Å². The molecule has 0 spiro atoms. The molecule has 2 aromatic heterocycles. The summed E-state index contributed by atoms with van der Waals surface area (Å²) in [6.45, 7) is 0.0892. The van der Waals surface area contributed by atoms with Crippen molar-refractivity contribution in [2.45, 2.75) is 6.10 Å². The molecule has 1 aliphatic heterocycles. The van der Waals surface area contributed by atoms with Crippen LogP contribution in [0, 0.1) is 0 Å². The van der Waals surface area contributed by atoms with Crippen LogP contribution in [0.25, 0.3) is 11.7 Å². The van der Waals surface area contributed by atoms with E-state index in [1.54, 1.807) is 24.3 Å². The van der Waals surface area contributed by atoms with Crippen LogP contribution in [0.1, 0.15) is 0 Å². The highest BCUT2D eigenvalue weighted by molar-refractivity contribution is 5.93. The van der Waals surface area contributed by atoms with Gasteiger partial charge in [-0.1, -0.05) is 22.4 Å². The van der Waals surface area contributed by atoms with E-state index in [-0.39, 0.29) is 18.5 Å². The SMILES string of the molecule is O=C(Nc1nnc(-c2ccno2)o1)[C@H]1COc2ccccc2O1. The van der Waals surface area contributed by atoms with Crippen LogP contribution < -0.4 is 14.8 Å². The molecule has 0 radical (unpaired) electrons. The Bertz CT molecular complexity index is 829. The summed E-state index contributed by atoms with van der Waals surface area (Å²) in [6.07, 6.45) is 0.633. The lowest BCUT2D eigenvalue weighted by Gasteiger charge is -2.24. The van der Waals surface area contributed by atoms with Gasteiger partial charge in [-0.3, -0.25) is 10.1 Å². The van der Waals surface area contributed by atoms with E-state index < -0.39 is 12.0 Å². The van der Waals surface area contributed by atoms with Gasteiger partial charge >= 0.3 is 6.01 Å². The molecule has 1 aromatic carbocycles. The first-order valence-electron chi connectivity index (χ1n) is 6.73. The molecule has 9 nitrogen and oxygen atoms in total. The van der Waals surface area contributed by atoms with Gasteiger partial charge in [0.05, 0.1) is 6.20 Å². The number of carbonyl (C=O) groups excluding carboxylic acids is 1. The first-order chi connectivity index (χ1) is 11.3. The van der Waals surface area contributed by atoms with Crippen LogP contribution in [0.2, 0.25) is 0 Å². The number of aromatic nitrogens is 3. The largest absolute Gasteiger partial charge is 0.485 e. The normalized spacial score (nSPS) is 16.1. The van der Waals surface area contributed by atoms with Crippen molar-refractivity contribution in [3.05, 3.63) is 36.5 Å². The van der Waals surface area contributed by atoms with Crippen LogP contribution in [-0.4, -0.2) is 34.0 Å². The van der Waals surface area contributed by atoms with Crippen LogP contribution in [-0.2, 0) is 4.79 Å². The molecule has 116 valence electrons. The Morgan fingerprint density at radius 2 is 2.04 bits per heavy atom. The molecule has 1 atom stereocenters. The van der Waals surface area contributed by atoms with E-state index in [0.717, 1.165) is 0 Å². The highest BCUT2D eigenvalue weighted by atomic mass is 16.6. The molecule has 4 rings (SSSR count). The minimum atomic E-state index is -0.814. The summed E-state index contributed by atoms with van der Waals surface area (Å²) >= 11 is 0. The highest BCUT2D eigenvalue weighted by Gasteiger charge is 2.28. The maximum Gasteiger partial charge on any atom is 0.322 e. The number of hydrogen-bond acceptors (Lipinski definition) is 8. The van der Waals surface area contributed by atoms with E-state index in [1.165, 1.54) is 6.20 Å². The topological polar surface area (TPSA) is 113 Å². The number of rotatable bonds is 3. The fourth-order valence-corrected chi connectivity index (χ4v) is 2.03. The Balaban J connectivity index is 1.45. The Morgan fingerprint density at radius 3 is 2.87 bits per heavy atom. The van der Waals surface area contributed by atoms with E-state index in [2.05, 4.69) is 20.7 Å². The first-order valence-corrected chi connectivity index (χ1v) is 6.73. The Morgan fingerprint density at radius 1 is 1.17 bits per heavy atom. The van der Waals surface area contributed by atoms with Gasteiger partial charge < -0.3 is 18.4 Å². The first kappa shape index (κ1) is 13.3. The molecule has 1 N–H and O–H groups in total. The second-order valence-corrected chi connectivity index (χ2v) is 4.64. The van der Waals surface area contributed by atoms with Gasteiger partial charge in [0.1, 0.15) is 6.61 Å². The van der Waals surface area contributed by atoms with Crippen LogP contribution >= 0.6 is 0 Å². The van der Waals surface area contributed by atoms with Crippen LogP contribution in [0.15, 0.2) is 45.5 Å². The van der Waals surface area contributed by atoms with Gasteiger partial charge in [-0.2, -0.15) is 0 Å². The predicted molar refractivity (Wildman–Crippen MR) is 74.8 cm³/mol. The smallest absolute Gasteiger partial charge is 0.322 e. The lowest BCUT2D eigenvalue weighted by atomic mass is 10.2. The van der Waals surface area contributed by atoms with Crippen molar-refractivity contribution in [3.8, 4) is 23.1 Å². The van der Waals surface area contributed by atoms with Gasteiger partial charge in [0, 0.05) is 6.07 Å². The fraction of sp³-hybridized carbons (Fsp3) is 0.143. The lowest BCUT2D eigenvalue weighted by Crippen LogP contribution is -2.40. The molecule has 0 saturated heterocycles. The summed E-state index contributed by atoms with van der Waals surface area (Å²) < 4.78 is 21.2. The highest BCUT2D eigenvalue weighted by Crippen LogP contribution is 2.31. The Labute approximate surface area is 129 Å². The van der Waals surface area contributed by atoms with Gasteiger partial charge in [-0.25, -0.2) is 0 Å². The molecule has 0 aliphatic carbocycles. The third-order valence-corrected chi connectivity index (χ3v) is 3.10. The summed E-state index contributed by atoms with van der Waals surface area (Å²) in [7, 11) is 0. The minimum Gasteiger partial charge on any atom is -0.485 e. The van der Waals surface area contributed by atoms with Crippen molar-refractivity contribution in [2.75, 3.05) is 11.9 Å². The van der Waals surface area contributed by atoms with Crippen molar-refractivity contribution >= 4 is 11.9 Å². The number of hydrogen-bond donors (Lipinski definition) is 1. The number of carbonyl (C=O) groups is 1. The monoisotopic (exact) mass is 314 g/mol. The van der Waals surface area contributed by atoms with Crippen LogP contribution in [0.3, 0.4) is 0 Å². The molecular weight excluding hydrogens is 304 g/mol. The second-order valence-electron chi connectivity index (χ2n) is 4.64. The number of fused-ring (bicyclic) bond motifs is 1. The number of benzene rings is 1. The summed E-state index contributed by atoms with van der Waals surface area (Å²) in [4.78, 5) is 12.2. The number of amides is 1. The Kier molecular flexibility index (Phi) is 3.15. The molecule has 1 amide bonds.